The minimum absolute atomic E-state index is 0.118. The van der Waals surface area contributed by atoms with Gasteiger partial charge >= 0.3 is 0 Å². The molecule has 0 bridgehead atoms. The Kier molecular flexibility index (Phi) is 5.33. The smallest absolute Gasteiger partial charge is 0.229 e. The van der Waals surface area contributed by atoms with Crippen LogP contribution in [0.2, 0.25) is 5.02 Å². The van der Waals surface area contributed by atoms with Crippen molar-refractivity contribution in [1.82, 2.24) is 0 Å². The van der Waals surface area contributed by atoms with E-state index in [4.69, 9.17) is 21.6 Å². The van der Waals surface area contributed by atoms with Crippen LogP contribution >= 0.6 is 11.6 Å². The highest BCUT2D eigenvalue weighted by Gasteiger charge is 2.36. The maximum atomic E-state index is 12.6. The number of ether oxygens (including phenoxy) is 1. The first-order chi connectivity index (χ1) is 12.9. The zero-order valence-corrected chi connectivity index (χ0v) is 15.7. The lowest BCUT2D eigenvalue weighted by Crippen LogP contribution is -2.28. The monoisotopic (exact) mass is 383 g/mol. The van der Waals surface area contributed by atoms with Gasteiger partial charge in [-0.2, -0.15) is 5.26 Å². The lowest BCUT2D eigenvalue weighted by atomic mass is 10.1. The molecule has 3 rings (SSSR count). The second kappa shape index (κ2) is 7.68. The molecule has 0 spiro atoms. The minimum Gasteiger partial charge on any atom is -0.495 e. The molecule has 0 aliphatic carbocycles. The van der Waals surface area contributed by atoms with Crippen molar-refractivity contribution in [2.75, 3.05) is 23.9 Å². The molecule has 1 N–H and O–H groups in total. The van der Waals surface area contributed by atoms with Crippen LogP contribution in [0.4, 0.5) is 11.4 Å². The summed E-state index contributed by atoms with van der Waals surface area (Å²) >= 11 is 6.13. The summed E-state index contributed by atoms with van der Waals surface area (Å²) < 4.78 is 5.35. The number of nitrogens with zero attached hydrogens (tertiary/aromatic N) is 2. The van der Waals surface area contributed by atoms with Crippen molar-refractivity contribution in [2.45, 2.75) is 13.3 Å². The minimum atomic E-state index is -0.478. The molecule has 7 heteroatoms. The molecular weight excluding hydrogens is 366 g/mol. The molecule has 2 amide bonds. The van der Waals surface area contributed by atoms with Crippen molar-refractivity contribution in [3.8, 4) is 11.8 Å². The maximum absolute atomic E-state index is 12.6. The van der Waals surface area contributed by atoms with E-state index >= 15 is 0 Å². The Bertz CT molecular complexity index is 935. The molecule has 27 heavy (non-hydrogen) atoms. The fourth-order valence-electron chi connectivity index (χ4n) is 3.01. The molecule has 1 atom stereocenters. The SMILES string of the molecule is COc1cc(Cl)c(C)cc1N1CC(C(=O)Nc2ccc(C#N)cc2)CC1=O. The van der Waals surface area contributed by atoms with Crippen LogP contribution in [0.25, 0.3) is 0 Å². The first kappa shape index (κ1) is 18.7. The van der Waals surface area contributed by atoms with Crippen molar-refractivity contribution < 1.29 is 14.3 Å². The first-order valence-corrected chi connectivity index (χ1v) is 8.76. The van der Waals surface area contributed by atoms with Gasteiger partial charge in [-0.3, -0.25) is 9.59 Å². The van der Waals surface area contributed by atoms with Gasteiger partial charge in [-0.05, 0) is 42.8 Å². The molecule has 1 aliphatic heterocycles. The largest absolute Gasteiger partial charge is 0.495 e. The highest BCUT2D eigenvalue weighted by Crippen LogP contribution is 2.37. The summed E-state index contributed by atoms with van der Waals surface area (Å²) in [4.78, 5) is 26.6. The van der Waals surface area contributed by atoms with Crippen molar-refractivity contribution >= 4 is 34.8 Å². The van der Waals surface area contributed by atoms with Crippen molar-refractivity contribution in [2.24, 2.45) is 5.92 Å². The van der Waals surface area contributed by atoms with Gasteiger partial charge in [0.2, 0.25) is 11.8 Å². The van der Waals surface area contributed by atoms with Gasteiger partial charge in [-0.15, -0.1) is 0 Å². The summed E-state index contributed by atoms with van der Waals surface area (Å²) in [6.45, 7) is 2.11. The number of nitrogens with one attached hydrogen (secondary N) is 1. The van der Waals surface area contributed by atoms with Gasteiger partial charge in [0.15, 0.2) is 0 Å². The predicted molar refractivity (Wildman–Crippen MR) is 103 cm³/mol. The van der Waals surface area contributed by atoms with Crippen molar-refractivity contribution in [3.63, 3.8) is 0 Å². The molecule has 138 valence electrons. The van der Waals surface area contributed by atoms with Gasteiger partial charge < -0.3 is 15.0 Å². The second-order valence-corrected chi connectivity index (χ2v) is 6.76. The normalized spacial score (nSPS) is 16.1. The lowest BCUT2D eigenvalue weighted by molar-refractivity contribution is -0.122. The summed E-state index contributed by atoms with van der Waals surface area (Å²) in [5.74, 6) is -0.365. The molecule has 2 aromatic carbocycles. The average molecular weight is 384 g/mol. The van der Waals surface area contributed by atoms with Crippen LogP contribution in [0.15, 0.2) is 36.4 Å². The fourth-order valence-corrected chi connectivity index (χ4v) is 3.16. The van der Waals surface area contributed by atoms with E-state index in [0.29, 0.717) is 27.7 Å². The summed E-state index contributed by atoms with van der Waals surface area (Å²) in [5, 5.41) is 12.2. The molecule has 1 aliphatic rings. The number of carbonyl (C=O) groups excluding carboxylic acids is 2. The Hall–Kier alpha value is -3.04. The van der Waals surface area contributed by atoms with E-state index in [1.54, 1.807) is 41.3 Å². The number of amides is 2. The molecule has 1 unspecified atom stereocenters. The molecule has 1 heterocycles. The molecule has 6 nitrogen and oxygen atoms in total. The molecule has 1 saturated heterocycles. The molecular formula is C20H18ClN3O3. The summed E-state index contributed by atoms with van der Waals surface area (Å²) in [6.07, 6.45) is 0.118. The van der Waals surface area contributed by atoms with E-state index in [1.165, 1.54) is 7.11 Å². The van der Waals surface area contributed by atoms with Crippen LogP contribution in [0.1, 0.15) is 17.5 Å². The third-order valence-corrected chi connectivity index (χ3v) is 4.94. The molecule has 2 aromatic rings. The summed E-state index contributed by atoms with van der Waals surface area (Å²) in [7, 11) is 1.51. The van der Waals surface area contributed by atoms with Crippen LogP contribution in [-0.4, -0.2) is 25.5 Å². The predicted octanol–water partition coefficient (Wildman–Crippen LogP) is 3.52. The molecule has 1 fully saturated rings. The van der Waals surface area contributed by atoms with Crippen LogP contribution in [0.3, 0.4) is 0 Å². The topological polar surface area (TPSA) is 82.4 Å². The Morgan fingerprint density at radius 2 is 2.04 bits per heavy atom. The number of halogens is 1. The maximum Gasteiger partial charge on any atom is 0.229 e. The Morgan fingerprint density at radius 1 is 1.33 bits per heavy atom. The summed E-state index contributed by atoms with van der Waals surface area (Å²) in [6, 6.07) is 12.1. The number of carbonyl (C=O) groups is 2. The number of nitriles is 1. The lowest BCUT2D eigenvalue weighted by Gasteiger charge is -2.20. The highest BCUT2D eigenvalue weighted by molar-refractivity contribution is 6.31. The van der Waals surface area contributed by atoms with Gasteiger partial charge in [0.1, 0.15) is 5.75 Å². The number of rotatable bonds is 4. The van der Waals surface area contributed by atoms with Crippen molar-refractivity contribution in [3.05, 3.63) is 52.5 Å². The van der Waals surface area contributed by atoms with Crippen molar-refractivity contribution in [1.29, 1.82) is 5.26 Å². The summed E-state index contributed by atoms with van der Waals surface area (Å²) in [5.41, 5.74) is 2.54. The van der Waals surface area contributed by atoms with Crippen LogP contribution in [0, 0.1) is 24.2 Å². The van der Waals surface area contributed by atoms with Crippen LogP contribution in [0.5, 0.6) is 5.75 Å². The average Bonchev–Trinajstić information content (AvgIpc) is 3.06. The van der Waals surface area contributed by atoms with Gasteiger partial charge in [0, 0.05) is 29.7 Å². The Balaban J connectivity index is 1.76. The zero-order valence-electron chi connectivity index (χ0n) is 15.0. The van der Waals surface area contributed by atoms with Crippen LogP contribution < -0.4 is 15.0 Å². The third-order valence-electron chi connectivity index (χ3n) is 4.53. The number of anilines is 2. The highest BCUT2D eigenvalue weighted by atomic mass is 35.5. The molecule has 0 aromatic heterocycles. The van der Waals surface area contributed by atoms with E-state index in [0.717, 1.165) is 5.56 Å². The first-order valence-electron chi connectivity index (χ1n) is 8.38. The van der Waals surface area contributed by atoms with Gasteiger partial charge in [-0.25, -0.2) is 0 Å². The second-order valence-electron chi connectivity index (χ2n) is 6.36. The standard InChI is InChI=1S/C20H18ClN3O3/c1-12-7-17(18(27-2)9-16(12)21)24-11-14(8-19(24)25)20(26)23-15-5-3-13(10-22)4-6-15/h3-7,9,14H,8,11H2,1-2H3,(H,23,26). The fraction of sp³-hybridized carbons (Fsp3) is 0.250. The number of aryl methyl sites for hydroxylation is 1. The van der Waals surface area contributed by atoms with Gasteiger partial charge in [0.25, 0.3) is 0 Å². The Morgan fingerprint density at radius 3 is 2.67 bits per heavy atom. The van der Waals surface area contributed by atoms with E-state index in [-0.39, 0.29) is 24.8 Å². The quantitative estimate of drug-likeness (QED) is 0.875. The zero-order chi connectivity index (χ0) is 19.6. The number of benzene rings is 2. The molecule has 0 saturated carbocycles. The van der Waals surface area contributed by atoms with E-state index in [1.807, 2.05) is 13.0 Å². The van der Waals surface area contributed by atoms with E-state index in [9.17, 15) is 9.59 Å². The van der Waals surface area contributed by atoms with Gasteiger partial charge in [-0.1, -0.05) is 11.6 Å². The van der Waals surface area contributed by atoms with E-state index < -0.39 is 5.92 Å². The van der Waals surface area contributed by atoms with Gasteiger partial charge in [0.05, 0.1) is 30.3 Å². The third kappa shape index (κ3) is 3.88. The number of hydrogen-bond donors (Lipinski definition) is 1. The Labute approximate surface area is 162 Å². The molecule has 0 radical (unpaired) electrons. The van der Waals surface area contributed by atoms with Crippen LogP contribution in [-0.2, 0) is 9.59 Å². The van der Waals surface area contributed by atoms with E-state index in [2.05, 4.69) is 5.32 Å². The number of methoxy groups -OCH3 is 1. The number of hydrogen-bond acceptors (Lipinski definition) is 4.